The van der Waals surface area contributed by atoms with Gasteiger partial charge in [0.15, 0.2) is 0 Å². The van der Waals surface area contributed by atoms with Crippen molar-refractivity contribution in [1.82, 2.24) is 5.32 Å². The molecule has 0 aromatic carbocycles. The van der Waals surface area contributed by atoms with Crippen molar-refractivity contribution in [1.29, 1.82) is 0 Å². The van der Waals surface area contributed by atoms with E-state index < -0.39 is 11.5 Å². The molecule has 0 heterocycles. The highest BCUT2D eigenvalue weighted by molar-refractivity contribution is 6.00. The van der Waals surface area contributed by atoms with Crippen molar-refractivity contribution < 1.29 is 19.5 Å². The van der Waals surface area contributed by atoms with Crippen molar-refractivity contribution in [2.75, 3.05) is 0 Å². The molecule has 2 N–H and O–H groups in total. The Morgan fingerprint density at radius 2 is 2.04 bits per heavy atom. The van der Waals surface area contributed by atoms with E-state index in [1.807, 2.05) is 13.0 Å². The summed E-state index contributed by atoms with van der Waals surface area (Å²) in [6.07, 6.45) is 6.23. The van der Waals surface area contributed by atoms with Gasteiger partial charge in [-0.3, -0.25) is 9.59 Å². The maximum Gasteiger partial charge on any atom is 0.329 e. The zero-order valence-corrected chi connectivity index (χ0v) is 13.8. The van der Waals surface area contributed by atoms with Crippen molar-refractivity contribution in [2.24, 2.45) is 23.7 Å². The Bertz CT molecular complexity index is 582. The van der Waals surface area contributed by atoms with Gasteiger partial charge in [0.2, 0.25) is 5.91 Å². The highest BCUT2D eigenvalue weighted by Gasteiger charge is 2.61. The van der Waals surface area contributed by atoms with Crippen LogP contribution in [-0.2, 0) is 14.4 Å². The number of ketones is 1. The number of Topliss-reactive ketones (excluding diaryl/α,β-unsaturated/α-hetero) is 1. The Labute approximate surface area is 136 Å². The number of aliphatic carboxylic acids is 1. The fraction of sp³-hybridized carbons (Fsp3) is 0.722. The third-order valence-electron chi connectivity index (χ3n) is 6.08. The number of rotatable bonds is 5. The van der Waals surface area contributed by atoms with Gasteiger partial charge >= 0.3 is 5.97 Å². The molecule has 3 rings (SSSR count). The number of fused-ring (bicyclic) bond motifs is 1. The van der Waals surface area contributed by atoms with Crippen LogP contribution in [0.3, 0.4) is 0 Å². The first-order chi connectivity index (χ1) is 10.9. The van der Waals surface area contributed by atoms with Gasteiger partial charge in [-0.2, -0.15) is 0 Å². The molecule has 126 valence electrons. The minimum atomic E-state index is -1.09. The molecule has 2 fully saturated rings. The molecule has 0 aromatic rings. The predicted molar refractivity (Wildman–Crippen MR) is 84.6 cm³/mol. The summed E-state index contributed by atoms with van der Waals surface area (Å²) >= 11 is 0. The molecule has 0 bridgehead atoms. The molecule has 5 nitrogen and oxygen atoms in total. The molecule has 0 unspecified atom stereocenters. The van der Waals surface area contributed by atoms with Crippen LogP contribution >= 0.6 is 0 Å². The Kier molecular flexibility index (Phi) is 4.07. The first kappa shape index (κ1) is 16.2. The molecule has 23 heavy (non-hydrogen) atoms. The number of hydrogen-bond acceptors (Lipinski definition) is 3. The van der Waals surface area contributed by atoms with Crippen LogP contribution in [0.4, 0.5) is 0 Å². The second kappa shape index (κ2) is 5.77. The number of carboxylic acids is 1. The number of carbonyl (C=O) groups is 3. The van der Waals surface area contributed by atoms with E-state index in [4.69, 9.17) is 0 Å². The smallest absolute Gasteiger partial charge is 0.329 e. The van der Waals surface area contributed by atoms with Gasteiger partial charge < -0.3 is 10.4 Å². The quantitative estimate of drug-likeness (QED) is 0.814. The minimum absolute atomic E-state index is 0.0103. The van der Waals surface area contributed by atoms with Gasteiger partial charge in [-0.1, -0.05) is 26.3 Å². The van der Waals surface area contributed by atoms with E-state index >= 15 is 0 Å². The van der Waals surface area contributed by atoms with Crippen LogP contribution in [0.5, 0.6) is 0 Å². The van der Waals surface area contributed by atoms with Crippen LogP contribution in [-0.4, -0.2) is 28.3 Å². The van der Waals surface area contributed by atoms with Crippen molar-refractivity contribution in [2.45, 2.75) is 57.9 Å². The maximum atomic E-state index is 12.8. The summed E-state index contributed by atoms with van der Waals surface area (Å²) in [5, 5.41) is 12.3. The van der Waals surface area contributed by atoms with Crippen LogP contribution in [0.2, 0.25) is 0 Å². The third kappa shape index (κ3) is 2.60. The average molecular weight is 319 g/mol. The SMILES string of the molecule is CC[C@H]1C=C(C(=O)N[C@@]2(C(=O)O)C[C@H]2CC)[C@H]2CCC(=O)[C@H]2C1. The minimum Gasteiger partial charge on any atom is -0.479 e. The molecule has 0 aromatic heterocycles. The molecule has 0 aliphatic heterocycles. The number of hydrogen-bond donors (Lipinski definition) is 2. The third-order valence-corrected chi connectivity index (χ3v) is 6.08. The van der Waals surface area contributed by atoms with Crippen molar-refractivity contribution >= 4 is 17.7 Å². The van der Waals surface area contributed by atoms with E-state index in [2.05, 4.69) is 12.2 Å². The van der Waals surface area contributed by atoms with Gasteiger partial charge in [0.05, 0.1) is 0 Å². The molecule has 5 atom stereocenters. The Morgan fingerprint density at radius 1 is 1.30 bits per heavy atom. The summed E-state index contributed by atoms with van der Waals surface area (Å²) in [4.78, 5) is 36.4. The van der Waals surface area contributed by atoms with E-state index in [1.54, 1.807) is 0 Å². The normalized spacial score (nSPS) is 38.7. The summed E-state index contributed by atoms with van der Waals surface area (Å²) in [5.41, 5.74) is -0.439. The topological polar surface area (TPSA) is 83.5 Å². The average Bonchev–Trinajstić information content (AvgIpc) is 3.14. The van der Waals surface area contributed by atoms with E-state index in [-0.39, 0.29) is 35.4 Å². The molecule has 5 heteroatoms. The first-order valence-electron chi connectivity index (χ1n) is 8.73. The van der Waals surface area contributed by atoms with E-state index in [9.17, 15) is 19.5 Å². The number of nitrogens with one attached hydrogen (secondary N) is 1. The number of allylic oxidation sites excluding steroid dienone is 1. The molecule has 1 amide bonds. The number of amides is 1. The first-order valence-corrected chi connectivity index (χ1v) is 8.73. The molecule has 0 spiro atoms. The highest BCUT2D eigenvalue weighted by atomic mass is 16.4. The van der Waals surface area contributed by atoms with Crippen LogP contribution in [0.1, 0.15) is 52.4 Å². The lowest BCUT2D eigenvalue weighted by atomic mass is 9.74. The predicted octanol–water partition coefficient (Wildman–Crippen LogP) is 2.31. The standard InChI is InChI=1S/C18H25NO4/c1-3-10-7-13-12(5-6-15(13)20)14(8-10)16(21)19-18(17(22)23)9-11(18)4-2/h8,10-13H,3-7,9H2,1-2H3,(H,19,21)(H,22,23)/t10-,11-,12+,13+,18+/m1/s1. The summed E-state index contributed by atoms with van der Waals surface area (Å²) in [5.74, 6) is -0.774. The van der Waals surface area contributed by atoms with Gasteiger partial charge in [-0.25, -0.2) is 4.79 Å². The van der Waals surface area contributed by atoms with Gasteiger partial charge in [-0.15, -0.1) is 0 Å². The van der Waals surface area contributed by atoms with Crippen molar-refractivity contribution in [3.8, 4) is 0 Å². The van der Waals surface area contributed by atoms with Gasteiger partial charge in [-0.05, 0) is 43.4 Å². The van der Waals surface area contributed by atoms with E-state index in [0.717, 1.165) is 25.7 Å². The molecule has 2 saturated carbocycles. The maximum absolute atomic E-state index is 12.8. The van der Waals surface area contributed by atoms with Crippen LogP contribution in [0.15, 0.2) is 11.6 Å². The molecule has 3 aliphatic carbocycles. The summed E-state index contributed by atoms with van der Waals surface area (Å²) in [7, 11) is 0. The van der Waals surface area contributed by atoms with Gasteiger partial charge in [0, 0.05) is 17.9 Å². The van der Waals surface area contributed by atoms with E-state index in [0.29, 0.717) is 18.4 Å². The second-order valence-electron chi connectivity index (χ2n) is 7.28. The lowest BCUT2D eigenvalue weighted by Crippen LogP contribution is -2.47. The van der Waals surface area contributed by atoms with Crippen LogP contribution in [0, 0.1) is 23.7 Å². The molecular weight excluding hydrogens is 294 g/mol. The van der Waals surface area contributed by atoms with Crippen LogP contribution < -0.4 is 5.32 Å². The zero-order valence-electron chi connectivity index (χ0n) is 13.8. The number of carboxylic acid groups (broad SMARTS) is 1. The fourth-order valence-corrected chi connectivity index (χ4v) is 4.44. The van der Waals surface area contributed by atoms with Crippen molar-refractivity contribution in [3.05, 3.63) is 11.6 Å². The van der Waals surface area contributed by atoms with Gasteiger partial charge in [0.1, 0.15) is 11.3 Å². The summed E-state index contributed by atoms with van der Waals surface area (Å²) in [6, 6.07) is 0. The monoisotopic (exact) mass is 319 g/mol. The van der Waals surface area contributed by atoms with E-state index in [1.165, 1.54) is 0 Å². The van der Waals surface area contributed by atoms with Crippen LogP contribution in [0.25, 0.3) is 0 Å². The molecule has 0 radical (unpaired) electrons. The van der Waals surface area contributed by atoms with Crippen molar-refractivity contribution in [3.63, 3.8) is 0 Å². The summed E-state index contributed by atoms with van der Waals surface area (Å²) < 4.78 is 0. The fourth-order valence-electron chi connectivity index (χ4n) is 4.44. The summed E-state index contributed by atoms with van der Waals surface area (Å²) in [6.45, 7) is 4.00. The Morgan fingerprint density at radius 3 is 2.61 bits per heavy atom. The lowest BCUT2D eigenvalue weighted by Gasteiger charge is -2.30. The Hall–Kier alpha value is -1.65. The number of carbonyl (C=O) groups excluding carboxylic acids is 2. The zero-order chi connectivity index (χ0) is 16.8. The highest BCUT2D eigenvalue weighted by Crippen LogP contribution is 2.48. The van der Waals surface area contributed by atoms with Gasteiger partial charge in [0.25, 0.3) is 0 Å². The largest absolute Gasteiger partial charge is 0.479 e. The molecular formula is C18H25NO4. The lowest BCUT2D eigenvalue weighted by molar-refractivity contribution is -0.143. The molecule has 0 saturated heterocycles. The Balaban J connectivity index is 1.82. The second-order valence-corrected chi connectivity index (χ2v) is 7.28. The molecule has 3 aliphatic rings.